The summed E-state index contributed by atoms with van der Waals surface area (Å²) in [6, 6.07) is 5.45. The molecule has 9 heteroatoms. The first kappa shape index (κ1) is 17.4. The van der Waals surface area contributed by atoms with E-state index in [0.717, 1.165) is 11.3 Å². The van der Waals surface area contributed by atoms with Gasteiger partial charge < -0.3 is 10.1 Å². The van der Waals surface area contributed by atoms with Crippen LogP contribution in [0.2, 0.25) is 0 Å². The number of hydrogen-bond donors (Lipinski definition) is 2. The van der Waals surface area contributed by atoms with E-state index in [0.29, 0.717) is 12.3 Å². The first-order valence-corrected chi connectivity index (χ1v) is 9.25. The van der Waals surface area contributed by atoms with Crippen molar-refractivity contribution in [3.8, 4) is 5.88 Å². The molecule has 2 N–H and O–H groups in total. The Balaban J connectivity index is 2.06. The largest absolute Gasteiger partial charge is 0.476 e. The van der Waals surface area contributed by atoms with E-state index in [1.54, 1.807) is 36.7 Å². The fraction of sp³-hybridized carbons (Fsp3) is 0.286. The molecule has 2 aromatic rings. The van der Waals surface area contributed by atoms with Crippen LogP contribution in [0.4, 0.5) is 5.69 Å². The lowest BCUT2D eigenvalue weighted by atomic mass is 10.3. The van der Waals surface area contributed by atoms with Gasteiger partial charge in [-0.3, -0.25) is 4.79 Å². The molecule has 0 aromatic carbocycles. The Bertz CT molecular complexity index is 760. The van der Waals surface area contributed by atoms with Crippen LogP contribution in [0, 0.1) is 0 Å². The molecule has 1 unspecified atom stereocenters. The fourth-order valence-corrected chi connectivity index (χ4v) is 3.95. The third kappa shape index (κ3) is 4.50. The van der Waals surface area contributed by atoms with Crippen LogP contribution in [0.15, 0.2) is 40.1 Å². The highest BCUT2D eigenvalue weighted by atomic mass is 32.2. The number of anilines is 1. The van der Waals surface area contributed by atoms with Gasteiger partial charge in [-0.25, -0.2) is 13.4 Å². The SMILES string of the molecule is CCOc1ncccc1NC(=O)C(C)NS(=O)(=O)c1cccs1. The van der Waals surface area contributed by atoms with Crippen LogP contribution < -0.4 is 14.8 Å². The Morgan fingerprint density at radius 1 is 1.39 bits per heavy atom. The summed E-state index contributed by atoms with van der Waals surface area (Å²) in [5.74, 6) is -0.212. The molecule has 0 radical (unpaired) electrons. The van der Waals surface area contributed by atoms with E-state index in [9.17, 15) is 13.2 Å². The van der Waals surface area contributed by atoms with Crippen molar-refractivity contribution in [3.05, 3.63) is 35.8 Å². The van der Waals surface area contributed by atoms with Gasteiger partial charge in [0.2, 0.25) is 11.8 Å². The number of ether oxygens (including phenoxy) is 1. The van der Waals surface area contributed by atoms with E-state index >= 15 is 0 Å². The van der Waals surface area contributed by atoms with Gasteiger partial charge in [0.1, 0.15) is 9.90 Å². The van der Waals surface area contributed by atoms with Gasteiger partial charge in [0.25, 0.3) is 10.0 Å². The first-order chi connectivity index (χ1) is 10.9. The predicted molar refractivity (Wildman–Crippen MR) is 88.1 cm³/mol. The second-order valence-electron chi connectivity index (χ2n) is 4.55. The molecule has 2 heterocycles. The molecular formula is C14H17N3O4S2. The summed E-state index contributed by atoms with van der Waals surface area (Å²) in [6.07, 6.45) is 1.55. The molecule has 1 atom stereocenters. The van der Waals surface area contributed by atoms with E-state index < -0.39 is 22.0 Å². The summed E-state index contributed by atoms with van der Waals surface area (Å²) in [7, 11) is -3.71. The highest BCUT2D eigenvalue weighted by Crippen LogP contribution is 2.21. The summed E-state index contributed by atoms with van der Waals surface area (Å²) >= 11 is 1.08. The molecule has 2 rings (SSSR count). The maximum Gasteiger partial charge on any atom is 0.250 e. The predicted octanol–water partition coefficient (Wildman–Crippen LogP) is 1.85. The first-order valence-electron chi connectivity index (χ1n) is 6.88. The quantitative estimate of drug-likeness (QED) is 0.790. The lowest BCUT2D eigenvalue weighted by Gasteiger charge is -2.15. The fourth-order valence-electron chi connectivity index (χ4n) is 1.74. The number of amides is 1. The number of carbonyl (C=O) groups excluding carboxylic acids is 1. The molecule has 1 amide bonds. The molecule has 2 aromatic heterocycles. The van der Waals surface area contributed by atoms with Gasteiger partial charge in [-0.05, 0) is 37.4 Å². The topological polar surface area (TPSA) is 97.4 Å². The maximum atomic E-state index is 12.2. The van der Waals surface area contributed by atoms with E-state index in [-0.39, 0.29) is 10.1 Å². The van der Waals surface area contributed by atoms with Crippen molar-refractivity contribution in [2.75, 3.05) is 11.9 Å². The Morgan fingerprint density at radius 2 is 2.17 bits per heavy atom. The smallest absolute Gasteiger partial charge is 0.250 e. The molecule has 23 heavy (non-hydrogen) atoms. The number of pyridine rings is 1. The number of rotatable bonds is 7. The molecule has 0 saturated heterocycles. The van der Waals surface area contributed by atoms with Gasteiger partial charge in [-0.1, -0.05) is 6.07 Å². The van der Waals surface area contributed by atoms with E-state index in [2.05, 4.69) is 15.0 Å². The lowest BCUT2D eigenvalue weighted by Crippen LogP contribution is -2.41. The number of hydrogen-bond acceptors (Lipinski definition) is 6. The Hall–Kier alpha value is -1.97. The number of thiophene rings is 1. The monoisotopic (exact) mass is 355 g/mol. The van der Waals surface area contributed by atoms with Crippen LogP contribution in [-0.2, 0) is 14.8 Å². The zero-order valence-corrected chi connectivity index (χ0v) is 14.3. The summed E-state index contributed by atoms with van der Waals surface area (Å²) in [5.41, 5.74) is 0.390. The maximum absolute atomic E-state index is 12.2. The minimum absolute atomic E-state index is 0.161. The molecule has 0 aliphatic rings. The Morgan fingerprint density at radius 3 is 2.83 bits per heavy atom. The van der Waals surface area contributed by atoms with Crippen molar-refractivity contribution in [1.82, 2.24) is 9.71 Å². The van der Waals surface area contributed by atoms with Crippen LogP contribution in [0.3, 0.4) is 0 Å². The molecule has 124 valence electrons. The van der Waals surface area contributed by atoms with E-state index in [1.807, 2.05) is 0 Å². The average Bonchev–Trinajstić information content (AvgIpc) is 3.04. The zero-order chi connectivity index (χ0) is 16.9. The van der Waals surface area contributed by atoms with Gasteiger partial charge in [-0.15, -0.1) is 11.3 Å². The molecule has 0 aliphatic heterocycles. The van der Waals surface area contributed by atoms with Crippen molar-refractivity contribution in [2.45, 2.75) is 24.1 Å². The van der Waals surface area contributed by atoms with Crippen molar-refractivity contribution in [2.24, 2.45) is 0 Å². The zero-order valence-electron chi connectivity index (χ0n) is 12.6. The number of nitrogens with one attached hydrogen (secondary N) is 2. The molecule has 0 bridgehead atoms. The summed E-state index contributed by atoms with van der Waals surface area (Å²) in [6.45, 7) is 3.68. The van der Waals surface area contributed by atoms with Crippen molar-refractivity contribution in [3.63, 3.8) is 0 Å². The number of nitrogens with zero attached hydrogens (tertiary/aromatic N) is 1. The second kappa shape index (κ2) is 7.53. The minimum Gasteiger partial charge on any atom is -0.476 e. The third-order valence-electron chi connectivity index (χ3n) is 2.80. The lowest BCUT2D eigenvalue weighted by molar-refractivity contribution is -0.117. The Kier molecular flexibility index (Phi) is 5.69. The minimum atomic E-state index is -3.71. The third-order valence-corrected chi connectivity index (χ3v) is 5.73. The summed E-state index contributed by atoms with van der Waals surface area (Å²) in [4.78, 5) is 16.2. The van der Waals surface area contributed by atoms with Gasteiger partial charge in [0.05, 0.1) is 12.6 Å². The normalized spacial score (nSPS) is 12.6. The van der Waals surface area contributed by atoms with Crippen LogP contribution in [0.1, 0.15) is 13.8 Å². The molecule has 0 spiro atoms. The molecule has 0 fully saturated rings. The van der Waals surface area contributed by atoms with Crippen LogP contribution >= 0.6 is 11.3 Å². The van der Waals surface area contributed by atoms with Gasteiger partial charge in [0, 0.05) is 6.20 Å². The van der Waals surface area contributed by atoms with Crippen LogP contribution in [0.5, 0.6) is 5.88 Å². The van der Waals surface area contributed by atoms with Crippen molar-refractivity contribution in [1.29, 1.82) is 0 Å². The van der Waals surface area contributed by atoms with Crippen LogP contribution in [0.25, 0.3) is 0 Å². The van der Waals surface area contributed by atoms with Crippen molar-refractivity contribution < 1.29 is 17.9 Å². The highest BCUT2D eigenvalue weighted by molar-refractivity contribution is 7.91. The number of carbonyl (C=O) groups is 1. The number of aromatic nitrogens is 1. The highest BCUT2D eigenvalue weighted by Gasteiger charge is 2.23. The Labute approximate surface area is 138 Å². The molecule has 7 nitrogen and oxygen atoms in total. The van der Waals surface area contributed by atoms with Gasteiger partial charge in [0.15, 0.2) is 0 Å². The average molecular weight is 355 g/mol. The van der Waals surface area contributed by atoms with Crippen LogP contribution in [-0.4, -0.2) is 32.0 Å². The second-order valence-corrected chi connectivity index (χ2v) is 7.44. The number of sulfonamides is 1. The standard InChI is InChI=1S/C14H17N3O4S2/c1-3-21-14-11(6-4-8-15-14)16-13(18)10(2)17-23(19,20)12-7-5-9-22-12/h4-10,17H,3H2,1-2H3,(H,16,18). The van der Waals surface area contributed by atoms with Gasteiger partial charge in [-0.2, -0.15) is 4.72 Å². The van der Waals surface area contributed by atoms with E-state index in [4.69, 9.17) is 4.74 Å². The summed E-state index contributed by atoms with van der Waals surface area (Å²) in [5, 5.41) is 4.27. The van der Waals surface area contributed by atoms with E-state index in [1.165, 1.54) is 13.0 Å². The summed E-state index contributed by atoms with van der Waals surface area (Å²) < 4.78 is 32.0. The molecular weight excluding hydrogens is 338 g/mol. The molecule has 0 saturated carbocycles. The van der Waals surface area contributed by atoms with Gasteiger partial charge >= 0.3 is 0 Å². The van der Waals surface area contributed by atoms with Crippen molar-refractivity contribution >= 4 is 33.0 Å². The molecule has 0 aliphatic carbocycles.